The summed E-state index contributed by atoms with van der Waals surface area (Å²) in [5.74, 6) is -0.0713. The van der Waals surface area contributed by atoms with Crippen molar-refractivity contribution in [2.75, 3.05) is 19.6 Å². The lowest BCUT2D eigenvalue weighted by atomic mass is 10.0. The second-order valence-electron chi connectivity index (χ2n) is 7.79. The fourth-order valence-electron chi connectivity index (χ4n) is 3.90. The van der Waals surface area contributed by atoms with Crippen molar-refractivity contribution in [3.63, 3.8) is 0 Å². The van der Waals surface area contributed by atoms with E-state index in [0.29, 0.717) is 38.2 Å². The molecule has 0 saturated carbocycles. The van der Waals surface area contributed by atoms with E-state index in [0.717, 1.165) is 17.7 Å². The van der Waals surface area contributed by atoms with E-state index in [2.05, 4.69) is 10.4 Å². The predicted molar refractivity (Wildman–Crippen MR) is 114 cm³/mol. The van der Waals surface area contributed by atoms with Crippen LogP contribution in [0.2, 0.25) is 0 Å². The molecule has 1 aromatic heterocycles. The lowest BCUT2D eigenvalue weighted by molar-refractivity contribution is -0.133. The highest BCUT2D eigenvalue weighted by Gasteiger charge is 2.26. The first-order chi connectivity index (χ1) is 15.1. The molecule has 8 heteroatoms. The minimum absolute atomic E-state index is 0.0118. The van der Waals surface area contributed by atoms with Gasteiger partial charge in [-0.3, -0.25) is 14.4 Å². The molecule has 2 aromatic rings. The minimum Gasteiger partial charge on any atom is -0.459 e. The van der Waals surface area contributed by atoms with E-state index in [1.165, 1.54) is 11.3 Å². The fourth-order valence-corrected chi connectivity index (χ4v) is 3.90. The van der Waals surface area contributed by atoms with Crippen LogP contribution < -0.4 is 5.32 Å². The third-order valence-electron chi connectivity index (χ3n) is 5.64. The molecule has 8 nitrogen and oxygen atoms in total. The Hall–Kier alpha value is -3.42. The van der Waals surface area contributed by atoms with E-state index in [1.54, 1.807) is 17.0 Å². The molecule has 1 aromatic carbocycles. The van der Waals surface area contributed by atoms with Crippen LogP contribution in [0.3, 0.4) is 0 Å². The number of hydrazone groups is 1. The Balaban J connectivity index is 1.18. The summed E-state index contributed by atoms with van der Waals surface area (Å²) in [5.41, 5.74) is 1.92. The van der Waals surface area contributed by atoms with Gasteiger partial charge < -0.3 is 14.6 Å². The Morgan fingerprint density at radius 3 is 2.48 bits per heavy atom. The lowest BCUT2D eigenvalue weighted by Gasteiger charge is -2.31. The molecular weight excluding hydrogens is 396 g/mol. The van der Waals surface area contributed by atoms with Crippen molar-refractivity contribution in [3.8, 4) is 0 Å². The molecule has 3 heterocycles. The number of benzene rings is 1. The SMILES string of the molecule is O=C(CCC(=O)N1CCC(c2ccccc2)=N1)NC1CCN(C(=O)c2ccco2)CC1. The Bertz CT molecular complexity index is 947. The van der Waals surface area contributed by atoms with Crippen LogP contribution in [0.25, 0.3) is 0 Å². The fraction of sp³-hybridized carbons (Fsp3) is 0.391. The van der Waals surface area contributed by atoms with Crippen LogP contribution in [0.15, 0.2) is 58.2 Å². The summed E-state index contributed by atoms with van der Waals surface area (Å²) in [7, 11) is 0. The number of carbonyl (C=O) groups excluding carboxylic acids is 3. The zero-order chi connectivity index (χ0) is 21.6. The van der Waals surface area contributed by atoms with Crippen LogP contribution in [0.5, 0.6) is 0 Å². The number of piperidine rings is 1. The molecule has 0 bridgehead atoms. The number of carbonyl (C=O) groups is 3. The number of rotatable bonds is 6. The van der Waals surface area contributed by atoms with E-state index in [1.807, 2.05) is 30.3 Å². The molecule has 0 spiro atoms. The summed E-state index contributed by atoms with van der Waals surface area (Å²) >= 11 is 0. The molecule has 2 aliphatic heterocycles. The summed E-state index contributed by atoms with van der Waals surface area (Å²) in [6.07, 6.45) is 3.84. The topological polar surface area (TPSA) is 95.2 Å². The first-order valence-corrected chi connectivity index (χ1v) is 10.7. The molecule has 162 valence electrons. The molecule has 0 radical (unpaired) electrons. The maximum absolute atomic E-state index is 12.4. The van der Waals surface area contributed by atoms with Gasteiger partial charge in [0.1, 0.15) is 0 Å². The molecule has 1 N–H and O–H groups in total. The van der Waals surface area contributed by atoms with Crippen LogP contribution in [-0.2, 0) is 9.59 Å². The van der Waals surface area contributed by atoms with Crippen LogP contribution in [0.1, 0.15) is 48.2 Å². The van der Waals surface area contributed by atoms with E-state index >= 15 is 0 Å². The van der Waals surface area contributed by atoms with Crippen molar-refractivity contribution in [2.45, 2.75) is 38.1 Å². The first kappa shape index (κ1) is 20.8. The molecule has 2 aliphatic rings. The van der Waals surface area contributed by atoms with Gasteiger partial charge in [0, 0.05) is 38.4 Å². The largest absolute Gasteiger partial charge is 0.459 e. The zero-order valence-electron chi connectivity index (χ0n) is 17.3. The number of hydrogen-bond acceptors (Lipinski definition) is 5. The smallest absolute Gasteiger partial charge is 0.289 e. The molecule has 0 atom stereocenters. The second kappa shape index (κ2) is 9.59. The normalized spacial score (nSPS) is 16.8. The third-order valence-corrected chi connectivity index (χ3v) is 5.64. The molecule has 0 unspecified atom stereocenters. The van der Waals surface area contributed by atoms with Crippen molar-refractivity contribution in [3.05, 3.63) is 60.1 Å². The molecule has 1 fully saturated rings. The van der Waals surface area contributed by atoms with Gasteiger partial charge in [-0.25, -0.2) is 5.01 Å². The Labute approximate surface area is 180 Å². The molecule has 0 aliphatic carbocycles. The third kappa shape index (κ3) is 5.20. The van der Waals surface area contributed by atoms with Gasteiger partial charge in [-0.2, -0.15) is 5.10 Å². The lowest BCUT2D eigenvalue weighted by Crippen LogP contribution is -2.46. The van der Waals surface area contributed by atoms with E-state index < -0.39 is 0 Å². The molecule has 31 heavy (non-hydrogen) atoms. The van der Waals surface area contributed by atoms with Gasteiger partial charge in [-0.05, 0) is 30.5 Å². The quantitative estimate of drug-likeness (QED) is 0.773. The van der Waals surface area contributed by atoms with Crippen molar-refractivity contribution >= 4 is 23.4 Å². The van der Waals surface area contributed by atoms with Crippen molar-refractivity contribution in [1.82, 2.24) is 15.2 Å². The number of hydrogen-bond donors (Lipinski definition) is 1. The molecule has 1 saturated heterocycles. The van der Waals surface area contributed by atoms with Gasteiger partial charge >= 0.3 is 0 Å². The molecule has 3 amide bonds. The summed E-state index contributed by atoms with van der Waals surface area (Å²) in [6.45, 7) is 1.68. The van der Waals surface area contributed by atoms with Gasteiger partial charge in [0.25, 0.3) is 5.91 Å². The Morgan fingerprint density at radius 1 is 1.00 bits per heavy atom. The van der Waals surface area contributed by atoms with E-state index in [-0.39, 0.29) is 36.6 Å². The number of furan rings is 1. The highest BCUT2D eigenvalue weighted by molar-refractivity contribution is 6.02. The summed E-state index contributed by atoms with van der Waals surface area (Å²) in [4.78, 5) is 38.8. The van der Waals surface area contributed by atoms with Crippen molar-refractivity contribution in [1.29, 1.82) is 0 Å². The number of nitrogens with one attached hydrogen (secondary N) is 1. The number of nitrogens with zero attached hydrogens (tertiary/aromatic N) is 3. The Morgan fingerprint density at radius 2 is 1.77 bits per heavy atom. The number of amides is 3. The average molecular weight is 422 g/mol. The van der Waals surface area contributed by atoms with Gasteiger partial charge in [-0.15, -0.1) is 0 Å². The van der Waals surface area contributed by atoms with Gasteiger partial charge in [-0.1, -0.05) is 30.3 Å². The van der Waals surface area contributed by atoms with Crippen LogP contribution in [0.4, 0.5) is 0 Å². The maximum Gasteiger partial charge on any atom is 0.289 e. The van der Waals surface area contributed by atoms with E-state index in [4.69, 9.17) is 4.42 Å². The van der Waals surface area contributed by atoms with Gasteiger partial charge in [0.2, 0.25) is 11.8 Å². The molecular formula is C23H26N4O4. The van der Waals surface area contributed by atoms with Crippen LogP contribution >= 0.6 is 0 Å². The second-order valence-corrected chi connectivity index (χ2v) is 7.79. The van der Waals surface area contributed by atoms with Crippen LogP contribution in [0, 0.1) is 0 Å². The summed E-state index contributed by atoms with van der Waals surface area (Å²) in [6, 6.07) is 13.2. The highest BCUT2D eigenvalue weighted by atomic mass is 16.3. The summed E-state index contributed by atoms with van der Waals surface area (Å²) < 4.78 is 5.16. The highest BCUT2D eigenvalue weighted by Crippen LogP contribution is 2.16. The summed E-state index contributed by atoms with van der Waals surface area (Å²) in [5, 5.41) is 8.87. The van der Waals surface area contributed by atoms with Gasteiger partial charge in [0.05, 0.1) is 18.5 Å². The zero-order valence-corrected chi connectivity index (χ0v) is 17.3. The standard InChI is InChI=1S/C23H26N4O4/c28-21(24-18-10-13-26(14-11-18)23(30)20-7-4-16-31-20)8-9-22(29)27-15-12-19(25-27)17-5-2-1-3-6-17/h1-7,16,18H,8-15H2,(H,24,28). The van der Waals surface area contributed by atoms with E-state index in [9.17, 15) is 14.4 Å². The van der Waals surface area contributed by atoms with Crippen molar-refractivity contribution in [2.24, 2.45) is 5.10 Å². The van der Waals surface area contributed by atoms with Gasteiger partial charge in [0.15, 0.2) is 5.76 Å². The Kier molecular flexibility index (Phi) is 6.45. The average Bonchev–Trinajstić information content (AvgIpc) is 3.51. The monoisotopic (exact) mass is 422 g/mol. The maximum atomic E-state index is 12.4. The predicted octanol–water partition coefficient (Wildman–Crippen LogP) is 2.42. The molecule has 4 rings (SSSR count). The van der Waals surface area contributed by atoms with Crippen molar-refractivity contribution < 1.29 is 18.8 Å². The van der Waals surface area contributed by atoms with Crippen LogP contribution in [-0.4, -0.2) is 59.0 Å². The minimum atomic E-state index is -0.143. The number of likely N-dealkylation sites (tertiary alicyclic amines) is 1. The first-order valence-electron chi connectivity index (χ1n) is 10.7.